The highest BCUT2D eigenvalue weighted by molar-refractivity contribution is 9.10. The number of benzene rings is 1. The molecular weight excluding hydrogens is 310 g/mol. The first-order valence-electron chi connectivity index (χ1n) is 5.81. The van der Waals surface area contributed by atoms with Crippen LogP contribution in [0.3, 0.4) is 0 Å². The summed E-state index contributed by atoms with van der Waals surface area (Å²) in [6.07, 6.45) is 1.30. The molecule has 0 aromatic heterocycles. The lowest BCUT2D eigenvalue weighted by atomic mass is 10.0. The van der Waals surface area contributed by atoms with Gasteiger partial charge in [0, 0.05) is 10.5 Å². The molecule has 1 rings (SSSR count). The Morgan fingerprint density at radius 3 is 2.37 bits per heavy atom. The van der Waals surface area contributed by atoms with E-state index in [0.29, 0.717) is 0 Å². The molecule has 4 nitrogen and oxygen atoms in total. The summed E-state index contributed by atoms with van der Waals surface area (Å²) in [4.78, 5) is 22.6. The maximum atomic E-state index is 11.7. The van der Waals surface area contributed by atoms with Gasteiger partial charge in [0.1, 0.15) is 0 Å². The highest BCUT2D eigenvalue weighted by Gasteiger charge is 2.17. The van der Waals surface area contributed by atoms with Gasteiger partial charge in [0.05, 0.1) is 12.5 Å². The van der Waals surface area contributed by atoms with E-state index in [4.69, 9.17) is 5.11 Å². The van der Waals surface area contributed by atoms with Gasteiger partial charge < -0.3 is 10.4 Å². The molecule has 0 radical (unpaired) electrons. The number of hydrogen-bond donors (Lipinski definition) is 2. The lowest BCUT2D eigenvalue weighted by molar-refractivity contribution is -0.137. The lowest BCUT2D eigenvalue weighted by Gasteiger charge is -2.16. The maximum absolute atomic E-state index is 11.7. The largest absolute Gasteiger partial charge is 0.481 e. The number of carboxylic acids is 1. The molecule has 0 bridgehead atoms. The summed E-state index contributed by atoms with van der Waals surface area (Å²) in [5.41, 5.74) is 1.63. The number of halogens is 1. The summed E-state index contributed by atoms with van der Waals surface area (Å²) in [5, 5.41) is 11.6. The minimum absolute atomic E-state index is 0.149. The van der Waals surface area contributed by atoms with Crippen molar-refractivity contribution < 1.29 is 14.7 Å². The highest BCUT2D eigenvalue weighted by Crippen LogP contribution is 2.19. The monoisotopic (exact) mass is 325 g/mol. The number of carbonyl (C=O) groups excluding carboxylic acids is 1. The average molecular weight is 326 g/mol. The van der Waals surface area contributed by atoms with Crippen molar-refractivity contribution in [1.82, 2.24) is 5.32 Å². The number of aliphatic carboxylic acids is 1. The Bertz CT molecular complexity index is 490. The number of allylic oxidation sites excluding steroid dienone is 1. The van der Waals surface area contributed by atoms with E-state index in [2.05, 4.69) is 21.2 Å². The van der Waals surface area contributed by atoms with Crippen molar-refractivity contribution in [2.45, 2.75) is 26.3 Å². The third-order valence-electron chi connectivity index (χ3n) is 2.39. The Balaban J connectivity index is 2.89. The molecule has 0 unspecified atom stereocenters. The van der Waals surface area contributed by atoms with Gasteiger partial charge in [-0.25, -0.2) is 0 Å². The number of nitrogens with one attached hydrogen (secondary N) is 1. The molecule has 1 aromatic rings. The van der Waals surface area contributed by atoms with Crippen LogP contribution >= 0.6 is 15.9 Å². The fourth-order valence-corrected chi connectivity index (χ4v) is 1.86. The normalized spacial score (nSPS) is 11.5. The molecule has 0 saturated carbocycles. The first-order valence-corrected chi connectivity index (χ1v) is 6.60. The number of carbonyl (C=O) groups is 2. The van der Waals surface area contributed by atoms with Gasteiger partial charge >= 0.3 is 5.97 Å². The molecule has 2 N–H and O–H groups in total. The second-order valence-corrected chi connectivity index (χ2v) is 5.35. The van der Waals surface area contributed by atoms with Crippen LogP contribution in [0.15, 0.2) is 40.4 Å². The molecule has 5 heteroatoms. The van der Waals surface area contributed by atoms with E-state index in [1.807, 2.05) is 26.0 Å². The summed E-state index contributed by atoms with van der Waals surface area (Å²) in [6.45, 7) is 3.62. The molecule has 102 valence electrons. The number of carboxylic acid groups (broad SMARTS) is 1. The van der Waals surface area contributed by atoms with Crippen LogP contribution in [0.25, 0.3) is 0 Å². The second kappa shape index (κ2) is 7.09. The molecule has 1 aromatic carbocycles. The molecule has 0 saturated heterocycles. The Kier molecular flexibility index (Phi) is 5.76. The van der Waals surface area contributed by atoms with Crippen molar-refractivity contribution in [3.8, 4) is 0 Å². The lowest BCUT2D eigenvalue weighted by Crippen LogP contribution is -2.28. The van der Waals surface area contributed by atoms with E-state index < -0.39 is 12.0 Å². The van der Waals surface area contributed by atoms with Crippen LogP contribution in [-0.4, -0.2) is 17.0 Å². The van der Waals surface area contributed by atoms with Crippen LogP contribution in [0.1, 0.15) is 31.9 Å². The van der Waals surface area contributed by atoms with E-state index in [0.717, 1.165) is 15.6 Å². The van der Waals surface area contributed by atoms with E-state index in [1.54, 1.807) is 12.1 Å². The summed E-state index contributed by atoms with van der Waals surface area (Å²) in [5.74, 6) is -1.24. The Hall–Kier alpha value is -1.62. The standard InChI is InChI=1S/C14H16BrNO3/c1-9(2)7-13(17)16-12(8-14(18)19)10-3-5-11(15)6-4-10/h3-7,12H,8H2,1-2H3,(H,16,17)(H,18,19)/t12-/m0/s1. The van der Waals surface area contributed by atoms with Gasteiger partial charge in [-0.2, -0.15) is 0 Å². The predicted octanol–water partition coefficient (Wildman–Crippen LogP) is 3.05. The van der Waals surface area contributed by atoms with Crippen LogP contribution in [0.4, 0.5) is 0 Å². The van der Waals surface area contributed by atoms with E-state index in [1.165, 1.54) is 6.08 Å². The Morgan fingerprint density at radius 2 is 1.89 bits per heavy atom. The van der Waals surface area contributed by atoms with Gasteiger partial charge in [-0.1, -0.05) is 33.6 Å². The molecule has 0 aliphatic heterocycles. The fraction of sp³-hybridized carbons (Fsp3) is 0.286. The smallest absolute Gasteiger partial charge is 0.305 e. The van der Waals surface area contributed by atoms with E-state index in [9.17, 15) is 9.59 Å². The van der Waals surface area contributed by atoms with Crippen LogP contribution in [0.5, 0.6) is 0 Å². The van der Waals surface area contributed by atoms with Crippen LogP contribution in [-0.2, 0) is 9.59 Å². The quantitative estimate of drug-likeness (QED) is 0.817. The molecule has 1 atom stereocenters. The highest BCUT2D eigenvalue weighted by atomic mass is 79.9. The maximum Gasteiger partial charge on any atom is 0.305 e. The van der Waals surface area contributed by atoms with Gasteiger partial charge in [-0.3, -0.25) is 9.59 Å². The van der Waals surface area contributed by atoms with Crippen molar-refractivity contribution in [1.29, 1.82) is 0 Å². The first kappa shape index (κ1) is 15.4. The molecule has 0 spiro atoms. The van der Waals surface area contributed by atoms with Gasteiger partial charge in [0.25, 0.3) is 0 Å². The molecule has 0 aliphatic rings. The summed E-state index contributed by atoms with van der Waals surface area (Å²) < 4.78 is 0.904. The summed E-state index contributed by atoms with van der Waals surface area (Å²) in [7, 11) is 0. The molecule has 0 heterocycles. The first-order chi connectivity index (χ1) is 8.88. The van der Waals surface area contributed by atoms with Crippen LogP contribution < -0.4 is 5.32 Å². The molecule has 1 amide bonds. The number of rotatable bonds is 5. The molecule has 0 aliphatic carbocycles. The minimum Gasteiger partial charge on any atom is -0.481 e. The van der Waals surface area contributed by atoms with Crippen LogP contribution in [0.2, 0.25) is 0 Å². The fourth-order valence-electron chi connectivity index (χ4n) is 1.60. The zero-order valence-electron chi connectivity index (χ0n) is 10.8. The Morgan fingerprint density at radius 1 is 1.32 bits per heavy atom. The van der Waals surface area contributed by atoms with E-state index in [-0.39, 0.29) is 12.3 Å². The SMILES string of the molecule is CC(C)=CC(=O)N[C@@H](CC(=O)O)c1ccc(Br)cc1. The minimum atomic E-state index is -0.953. The number of amides is 1. The van der Waals surface area contributed by atoms with Crippen molar-refractivity contribution in [2.75, 3.05) is 0 Å². The third-order valence-corrected chi connectivity index (χ3v) is 2.92. The van der Waals surface area contributed by atoms with Crippen LogP contribution in [0, 0.1) is 0 Å². The van der Waals surface area contributed by atoms with Crippen molar-refractivity contribution in [2.24, 2.45) is 0 Å². The zero-order valence-corrected chi connectivity index (χ0v) is 12.4. The predicted molar refractivity (Wildman–Crippen MR) is 76.7 cm³/mol. The van der Waals surface area contributed by atoms with Gasteiger partial charge in [-0.15, -0.1) is 0 Å². The second-order valence-electron chi connectivity index (χ2n) is 4.43. The van der Waals surface area contributed by atoms with Gasteiger partial charge in [0.15, 0.2) is 0 Å². The zero-order chi connectivity index (χ0) is 14.4. The molecular formula is C14H16BrNO3. The van der Waals surface area contributed by atoms with Gasteiger partial charge in [-0.05, 0) is 31.5 Å². The van der Waals surface area contributed by atoms with Crippen molar-refractivity contribution in [3.05, 3.63) is 46.0 Å². The third kappa shape index (κ3) is 5.70. The number of hydrogen-bond acceptors (Lipinski definition) is 2. The molecule has 0 fully saturated rings. The molecule has 19 heavy (non-hydrogen) atoms. The average Bonchev–Trinajstić information content (AvgIpc) is 2.27. The van der Waals surface area contributed by atoms with Crippen molar-refractivity contribution >= 4 is 27.8 Å². The van der Waals surface area contributed by atoms with Gasteiger partial charge in [0.2, 0.25) is 5.91 Å². The topological polar surface area (TPSA) is 66.4 Å². The van der Waals surface area contributed by atoms with Crippen molar-refractivity contribution in [3.63, 3.8) is 0 Å². The summed E-state index contributed by atoms with van der Waals surface area (Å²) in [6, 6.07) is 6.68. The summed E-state index contributed by atoms with van der Waals surface area (Å²) >= 11 is 3.32. The van der Waals surface area contributed by atoms with E-state index >= 15 is 0 Å². The Labute approximate surface area is 120 Å².